The van der Waals surface area contributed by atoms with Gasteiger partial charge >= 0.3 is 5.97 Å². The van der Waals surface area contributed by atoms with E-state index in [4.69, 9.17) is 0 Å². The number of carbonyl (C=O) groups excluding carboxylic acids is 1. The Kier molecular flexibility index (Phi) is 4.19. The Bertz CT molecular complexity index is 942. The van der Waals surface area contributed by atoms with Gasteiger partial charge in [0.15, 0.2) is 0 Å². The number of H-pyrrole nitrogens is 1. The van der Waals surface area contributed by atoms with Crippen LogP contribution in [0.25, 0.3) is 10.9 Å². The highest BCUT2D eigenvalue weighted by Crippen LogP contribution is 2.42. The lowest BCUT2D eigenvalue weighted by Crippen LogP contribution is -2.41. The molecule has 3 N–H and O–H groups in total. The van der Waals surface area contributed by atoms with Crippen LogP contribution in [-0.4, -0.2) is 52.5 Å². The number of carboxylic acids is 1. The van der Waals surface area contributed by atoms with Gasteiger partial charge < -0.3 is 20.3 Å². The van der Waals surface area contributed by atoms with Crippen LogP contribution in [0.4, 0.5) is 0 Å². The average molecular weight is 381 g/mol. The van der Waals surface area contributed by atoms with Gasteiger partial charge in [0.1, 0.15) is 6.04 Å². The number of hydrogen-bond donors (Lipinski definition) is 3. The molecule has 1 atom stereocenters. The maximum absolute atomic E-state index is 13.4. The Morgan fingerprint density at radius 3 is 2.71 bits per heavy atom. The molecule has 6 heteroatoms. The first-order chi connectivity index (χ1) is 13.6. The number of aromatic amines is 1. The Morgan fingerprint density at radius 1 is 1.14 bits per heavy atom. The minimum Gasteiger partial charge on any atom is -0.480 e. The summed E-state index contributed by atoms with van der Waals surface area (Å²) < 4.78 is 0. The summed E-state index contributed by atoms with van der Waals surface area (Å²) in [6, 6.07) is 5.08. The fourth-order valence-corrected chi connectivity index (χ4v) is 5.51. The van der Waals surface area contributed by atoms with Crippen molar-refractivity contribution in [2.75, 3.05) is 19.6 Å². The van der Waals surface area contributed by atoms with Gasteiger partial charge in [-0.15, -0.1) is 0 Å². The third-order valence-corrected chi connectivity index (χ3v) is 7.06. The predicted octanol–water partition coefficient (Wildman–Crippen LogP) is 2.72. The Morgan fingerprint density at radius 2 is 1.93 bits per heavy atom. The normalized spacial score (nSPS) is 23.9. The van der Waals surface area contributed by atoms with Gasteiger partial charge in [-0.05, 0) is 87.2 Å². The van der Waals surface area contributed by atoms with Gasteiger partial charge in [0, 0.05) is 28.7 Å². The number of piperidine rings is 1. The van der Waals surface area contributed by atoms with E-state index < -0.39 is 12.0 Å². The van der Waals surface area contributed by atoms with Crippen LogP contribution in [0.5, 0.6) is 0 Å². The van der Waals surface area contributed by atoms with Gasteiger partial charge in [0.25, 0.3) is 5.91 Å². The quantitative estimate of drug-likeness (QED) is 0.747. The average Bonchev–Trinajstić information content (AvgIpc) is 3.26. The van der Waals surface area contributed by atoms with Crippen molar-refractivity contribution in [1.29, 1.82) is 0 Å². The fraction of sp³-hybridized carbons (Fsp3) is 0.545. The van der Waals surface area contributed by atoms with E-state index in [0.717, 1.165) is 49.7 Å². The van der Waals surface area contributed by atoms with Crippen LogP contribution < -0.4 is 5.32 Å². The van der Waals surface area contributed by atoms with Crippen molar-refractivity contribution in [3.63, 3.8) is 0 Å². The summed E-state index contributed by atoms with van der Waals surface area (Å²) >= 11 is 0. The van der Waals surface area contributed by atoms with E-state index in [-0.39, 0.29) is 11.3 Å². The van der Waals surface area contributed by atoms with Gasteiger partial charge in [-0.1, -0.05) is 0 Å². The first kappa shape index (κ1) is 17.7. The van der Waals surface area contributed by atoms with Crippen LogP contribution >= 0.6 is 0 Å². The molecular weight excluding hydrogens is 354 g/mol. The Hall–Kier alpha value is -2.34. The molecule has 0 saturated carbocycles. The van der Waals surface area contributed by atoms with E-state index in [9.17, 15) is 14.7 Å². The number of nitrogens with zero attached hydrogens (tertiary/aromatic N) is 1. The molecule has 28 heavy (non-hydrogen) atoms. The van der Waals surface area contributed by atoms with Crippen molar-refractivity contribution in [2.45, 2.75) is 51.0 Å². The lowest BCUT2D eigenvalue weighted by Gasteiger charge is -2.33. The highest BCUT2D eigenvalue weighted by molar-refractivity contribution is 6.01. The van der Waals surface area contributed by atoms with Gasteiger partial charge in [-0.3, -0.25) is 4.79 Å². The van der Waals surface area contributed by atoms with E-state index in [0.29, 0.717) is 18.5 Å². The number of benzene rings is 1. The van der Waals surface area contributed by atoms with Gasteiger partial charge in [-0.2, -0.15) is 0 Å². The molecule has 2 fully saturated rings. The first-order valence-corrected chi connectivity index (χ1v) is 10.4. The van der Waals surface area contributed by atoms with Crippen molar-refractivity contribution in [3.8, 4) is 0 Å². The molecule has 1 aliphatic carbocycles. The molecule has 2 saturated heterocycles. The molecule has 3 aliphatic rings. The standard InChI is InChI=1S/C22H27N3O3/c26-20(25-13-22(7-9-23-10-8-22)12-19(25)21(27)28)14-5-6-18-16(11-14)15-3-1-2-4-17(15)24-18/h5-6,11,19,23-24H,1-4,7-10,12-13H2,(H,27,28). The maximum atomic E-state index is 13.4. The lowest BCUT2D eigenvalue weighted by molar-refractivity contribution is -0.141. The second-order valence-corrected chi connectivity index (χ2v) is 8.79. The minimum atomic E-state index is -0.885. The number of carboxylic acid groups (broad SMARTS) is 1. The number of aliphatic carboxylic acids is 1. The molecule has 148 valence electrons. The SMILES string of the molecule is O=C(O)C1CC2(CCNCC2)CN1C(=O)c1ccc2[nH]c3c(c2c1)CCCC3. The molecule has 3 heterocycles. The number of amides is 1. The van der Waals surface area contributed by atoms with E-state index in [1.54, 1.807) is 4.90 Å². The number of hydrogen-bond acceptors (Lipinski definition) is 3. The van der Waals surface area contributed by atoms with Crippen LogP contribution in [-0.2, 0) is 17.6 Å². The molecule has 0 bridgehead atoms. The Balaban J connectivity index is 1.48. The van der Waals surface area contributed by atoms with Crippen molar-refractivity contribution in [1.82, 2.24) is 15.2 Å². The van der Waals surface area contributed by atoms with Gasteiger partial charge in [-0.25, -0.2) is 4.79 Å². The third kappa shape index (κ3) is 2.82. The summed E-state index contributed by atoms with van der Waals surface area (Å²) in [5.74, 6) is -1.03. The van der Waals surface area contributed by atoms with Crippen molar-refractivity contribution >= 4 is 22.8 Å². The van der Waals surface area contributed by atoms with Crippen LogP contribution in [0.1, 0.15) is 53.7 Å². The fourth-order valence-electron chi connectivity index (χ4n) is 5.51. The van der Waals surface area contributed by atoms with E-state index in [1.807, 2.05) is 18.2 Å². The van der Waals surface area contributed by atoms with Crippen LogP contribution in [0.3, 0.4) is 0 Å². The summed E-state index contributed by atoms with van der Waals surface area (Å²) in [4.78, 5) is 30.4. The summed E-state index contributed by atoms with van der Waals surface area (Å²) in [6.07, 6.45) is 6.94. The second-order valence-electron chi connectivity index (χ2n) is 8.79. The number of aryl methyl sites for hydroxylation is 2. The van der Waals surface area contributed by atoms with E-state index >= 15 is 0 Å². The topological polar surface area (TPSA) is 85.4 Å². The summed E-state index contributed by atoms with van der Waals surface area (Å²) in [6.45, 7) is 2.35. The largest absolute Gasteiger partial charge is 0.480 e. The van der Waals surface area contributed by atoms with E-state index in [2.05, 4.69) is 10.3 Å². The third-order valence-electron chi connectivity index (χ3n) is 7.06. The molecule has 5 rings (SSSR count). The Labute approximate surface area is 164 Å². The molecule has 1 aromatic carbocycles. The second kappa shape index (κ2) is 6.62. The summed E-state index contributed by atoms with van der Waals surface area (Å²) in [5, 5.41) is 14.3. The zero-order valence-corrected chi connectivity index (χ0v) is 16.1. The molecule has 6 nitrogen and oxygen atoms in total. The summed E-state index contributed by atoms with van der Waals surface area (Å²) in [7, 11) is 0. The molecule has 1 unspecified atom stereocenters. The lowest BCUT2D eigenvalue weighted by atomic mass is 9.77. The molecule has 1 spiro atoms. The molecular formula is C22H27N3O3. The van der Waals surface area contributed by atoms with Crippen molar-refractivity contribution < 1.29 is 14.7 Å². The number of aromatic nitrogens is 1. The zero-order chi connectivity index (χ0) is 19.3. The molecule has 2 aromatic rings. The number of fused-ring (bicyclic) bond motifs is 3. The van der Waals surface area contributed by atoms with Crippen LogP contribution in [0.2, 0.25) is 0 Å². The van der Waals surface area contributed by atoms with Gasteiger partial charge in [0.2, 0.25) is 0 Å². The smallest absolute Gasteiger partial charge is 0.326 e. The number of rotatable bonds is 2. The molecule has 0 radical (unpaired) electrons. The van der Waals surface area contributed by atoms with E-state index in [1.165, 1.54) is 24.1 Å². The summed E-state index contributed by atoms with van der Waals surface area (Å²) in [5.41, 5.74) is 4.26. The van der Waals surface area contributed by atoms with Crippen molar-refractivity contribution in [2.24, 2.45) is 5.41 Å². The van der Waals surface area contributed by atoms with Gasteiger partial charge in [0.05, 0.1) is 0 Å². The zero-order valence-electron chi connectivity index (χ0n) is 16.1. The van der Waals surface area contributed by atoms with Crippen LogP contribution in [0.15, 0.2) is 18.2 Å². The molecule has 1 amide bonds. The maximum Gasteiger partial charge on any atom is 0.326 e. The predicted molar refractivity (Wildman–Crippen MR) is 107 cm³/mol. The highest BCUT2D eigenvalue weighted by atomic mass is 16.4. The molecule has 2 aliphatic heterocycles. The van der Waals surface area contributed by atoms with Crippen LogP contribution in [0, 0.1) is 5.41 Å². The molecule has 1 aromatic heterocycles. The monoisotopic (exact) mass is 381 g/mol. The highest BCUT2D eigenvalue weighted by Gasteiger charge is 2.49. The minimum absolute atomic E-state index is 0.0542. The number of carbonyl (C=O) groups is 2. The number of nitrogens with one attached hydrogen (secondary N) is 2. The number of likely N-dealkylation sites (tertiary alicyclic amines) is 1. The first-order valence-electron chi connectivity index (χ1n) is 10.4. The van der Waals surface area contributed by atoms with Crippen molar-refractivity contribution in [3.05, 3.63) is 35.0 Å².